The van der Waals surface area contributed by atoms with Gasteiger partial charge in [0.05, 0.1) is 12.1 Å². The summed E-state index contributed by atoms with van der Waals surface area (Å²) in [6, 6.07) is 1.28. The fourth-order valence-corrected chi connectivity index (χ4v) is 2.90. The molecule has 0 saturated heterocycles. The van der Waals surface area contributed by atoms with Crippen LogP contribution in [0.1, 0.15) is 39.0 Å². The second-order valence-corrected chi connectivity index (χ2v) is 4.97. The molecule has 0 amide bonds. The minimum absolute atomic E-state index is 0.605. The molecule has 1 saturated carbocycles. The maximum Gasteiger partial charge on any atom is 0.157 e. The first-order valence-electron chi connectivity index (χ1n) is 5.37. The first kappa shape index (κ1) is 9.38. The van der Waals surface area contributed by atoms with Crippen molar-refractivity contribution in [3.8, 4) is 0 Å². The number of nitrogens with one attached hydrogen (secondary N) is 1. The van der Waals surface area contributed by atoms with Crippen molar-refractivity contribution >= 4 is 16.9 Å². The summed E-state index contributed by atoms with van der Waals surface area (Å²) in [5, 5.41) is 4.75. The fourth-order valence-electron chi connectivity index (χ4n) is 2.06. The van der Waals surface area contributed by atoms with Gasteiger partial charge in [0.1, 0.15) is 0 Å². The van der Waals surface area contributed by atoms with E-state index in [0.29, 0.717) is 12.1 Å². The molecule has 3 heteroatoms. The molecule has 0 aromatic rings. The lowest BCUT2D eigenvalue weighted by atomic mass is 9.92. The minimum atomic E-state index is 0.605. The summed E-state index contributed by atoms with van der Waals surface area (Å²) in [6.45, 7) is 2.22. The van der Waals surface area contributed by atoms with Crippen LogP contribution >= 0.6 is 11.8 Å². The number of nitrogens with zero attached hydrogens (tertiary/aromatic N) is 1. The van der Waals surface area contributed by atoms with E-state index in [-0.39, 0.29) is 0 Å². The normalized spacial score (nSPS) is 32.2. The Labute approximate surface area is 84.6 Å². The van der Waals surface area contributed by atoms with Gasteiger partial charge in [-0.1, -0.05) is 31.5 Å². The van der Waals surface area contributed by atoms with E-state index in [0.717, 1.165) is 0 Å². The molecule has 2 rings (SSSR count). The van der Waals surface area contributed by atoms with Gasteiger partial charge in [0.25, 0.3) is 0 Å². The third-order valence-corrected chi connectivity index (χ3v) is 3.87. The van der Waals surface area contributed by atoms with E-state index in [1.54, 1.807) is 0 Å². The lowest BCUT2D eigenvalue weighted by Crippen LogP contribution is -2.36. The van der Waals surface area contributed by atoms with Crippen LogP contribution in [0.4, 0.5) is 0 Å². The van der Waals surface area contributed by atoms with Gasteiger partial charge < -0.3 is 5.32 Å². The molecule has 1 fully saturated rings. The molecule has 0 radical (unpaired) electrons. The Morgan fingerprint density at radius 3 is 3.08 bits per heavy atom. The Morgan fingerprint density at radius 2 is 2.31 bits per heavy atom. The third kappa shape index (κ3) is 2.19. The van der Waals surface area contributed by atoms with E-state index in [1.165, 1.54) is 43.0 Å². The van der Waals surface area contributed by atoms with Gasteiger partial charge in [0, 0.05) is 5.75 Å². The van der Waals surface area contributed by atoms with Crippen LogP contribution in [-0.2, 0) is 0 Å². The quantitative estimate of drug-likeness (QED) is 0.737. The summed E-state index contributed by atoms with van der Waals surface area (Å²) in [5.74, 6) is 1.20. The zero-order valence-electron chi connectivity index (χ0n) is 8.25. The van der Waals surface area contributed by atoms with Crippen molar-refractivity contribution in [3.63, 3.8) is 0 Å². The van der Waals surface area contributed by atoms with Gasteiger partial charge in [-0.2, -0.15) is 0 Å². The molecule has 0 aromatic carbocycles. The van der Waals surface area contributed by atoms with E-state index in [2.05, 4.69) is 12.2 Å². The summed E-state index contributed by atoms with van der Waals surface area (Å²) in [4.78, 5) is 4.72. The van der Waals surface area contributed by atoms with E-state index < -0.39 is 0 Å². The molecule has 2 aliphatic rings. The van der Waals surface area contributed by atoms with Gasteiger partial charge in [0.2, 0.25) is 0 Å². The summed E-state index contributed by atoms with van der Waals surface area (Å²) in [7, 11) is 0. The van der Waals surface area contributed by atoms with Gasteiger partial charge in [-0.05, 0) is 19.3 Å². The van der Waals surface area contributed by atoms with Crippen molar-refractivity contribution < 1.29 is 0 Å². The number of rotatable bonds is 2. The van der Waals surface area contributed by atoms with Crippen molar-refractivity contribution in [2.24, 2.45) is 4.99 Å². The highest BCUT2D eigenvalue weighted by atomic mass is 32.2. The number of thioether (sulfide) groups is 1. The smallest absolute Gasteiger partial charge is 0.157 e. The molecule has 2 unspecified atom stereocenters. The Balaban J connectivity index is 1.86. The molecular formula is C10H18N2S. The van der Waals surface area contributed by atoms with Crippen molar-refractivity contribution in [2.45, 2.75) is 51.1 Å². The molecule has 13 heavy (non-hydrogen) atoms. The van der Waals surface area contributed by atoms with Gasteiger partial charge >= 0.3 is 0 Å². The third-order valence-electron chi connectivity index (χ3n) is 2.76. The van der Waals surface area contributed by atoms with Gasteiger partial charge in [-0.3, -0.25) is 4.99 Å². The Hall–Kier alpha value is -0.180. The Morgan fingerprint density at radius 1 is 1.46 bits per heavy atom. The van der Waals surface area contributed by atoms with Crippen molar-refractivity contribution in [1.82, 2.24) is 5.32 Å². The van der Waals surface area contributed by atoms with E-state index >= 15 is 0 Å². The molecule has 1 aliphatic carbocycles. The highest BCUT2D eigenvalue weighted by molar-refractivity contribution is 8.13. The Bertz CT molecular complexity index is 203. The molecule has 0 spiro atoms. The largest absolute Gasteiger partial charge is 0.360 e. The second-order valence-electron chi connectivity index (χ2n) is 3.89. The maximum atomic E-state index is 4.72. The minimum Gasteiger partial charge on any atom is -0.360 e. The van der Waals surface area contributed by atoms with Crippen LogP contribution in [0.3, 0.4) is 0 Å². The Kier molecular flexibility index (Phi) is 3.14. The predicted molar refractivity (Wildman–Crippen MR) is 59.4 cm³/mol. The molecule has 2 atom stereocenters. The highest BCUT2D eigenvalue weighted by Gasteiger charge is 2.30. The van der Waals surface area contributed by atoms with Gasteiger partial charge in [-0.25, -0.2) is 0 Å². The van der Waals surface area contributed by atoms with E-state index in [4.69, 9.17) is 4.99 Å². The highest BCUT2D eigenvalue weighted by Crippen LogP contribution is 2.26. The first-order chi connectivity index (χ1) is 6.40. The number of amidine groups is 1. The van der Waals surface area contributed by atoms with Crippen molar-refractivity contribution in [2.75, 3.05) is 5.75 Å². The van der Waals surface area contributed by atoms with Crippen molar-refractivity contribution in [3.05, 3.63) is 0 Å². The van der Waals surface area contributed by atoms with Crippen LogP contribution in [0.5, 0.6) is 0 Å². The number of hydrogen-bond acceptors (Lipinski definition) is 3. The van der Waals surface area contributed by atoms with E-state index in [9.17, 15) is 0 Å². The lowest BCUT2D eigenvalue weighted by molar-refractivity contribution is 0.385. The average Bonchev–Trinajstić information content (AvgIpc) is 2.57. The molecule has 1 heterocycles. The van der Waals surface area contributed by atoms with Crippen LogP contribution in [0.25, 0.3) is 0 Å². The van der Waals surface area contributed by atoms with Crippen LogP contribution < -0.4 is 5.32 Å². The monoisotopic (exact) mass is 198 g/mol. The van der Waals surface area contributed by atoms with Crippen LogP contribution in [0, 0.1) is 0 Å². The van der Waals surface area contributed by atoms with Crippen LogP contribution in [0.15, 0.2) is 4.99 Å². The van der Waals surface area contributed by atoms with Crippen molar-refractivity contribution in [1.29, 1.82) is 0 Å². The number of hydrogen-bond donors (Lipinski definition) is 1. The SMILES string of the molecule is CCCSC1=NC2CCCCC2N1. The standard InChI is InChI=1S/C10H18N2S/c1-2-7-13-10-11-8-5-3-4-6-9(8)12-10/h8-9H,2-7H2,1H3,(H,11,12). The topological polar surface area (TPSA) is 24.4 Å². The average molecular weight is 198 g/mol. The zero-order valence-corrected chi connectivity index (χ0v) is 9.07. The second kappa shape index (κ2) is 4.36. The predicted octanol–water partition coefficient (Wildman–Crippen LogP) is 2.40. The maximum absolute atomic E-state index is 4.72. The van der Waals surface area contributed by atoms with Gasteiger partial charge in [0.15, 0.2) is 5.17 Å². The van der Waals surface area contributed by atoms with E-state index in [1.807, 2.05) is 11.8 Å². The fraction of sp³-hybridized carbons (Fsp3) is 0.900. The van der Waals surface area contributed by atoms with Gasteiger partial charge in [-0.15, -0.1) is 0 Å². The summed E-state index contributed by atoms with van der Waals surface area (Å²) >= 11 is 1.89. The summed E-state index contributed by atoms with van der Waals surface area (Å²) in [6.07, 6.45) is 6.62. The number of fused-ring (bicyclic) bond motifs is 1. The molecule has 0 bridgehead atoms. The van der Waals surface area contributed by atoms with Crippen LogP contribution in [-0.4, -0.2) is 23.0 Å². The summed E-state index contributed by atoms with van der Waals surface area (Å²) < 4.78 is 0. The molecule has 74 valence electrons. The van der Waals surface area contributed by atoms with Crippen LogP contribution in [0.2, 0.25) is 0 Å². The zero-order chi connectivity index (χ0) is 9.10. The first-order valence-corrected chi connectivity index (χ1v) is 6.36. The molecular weight excluding hydrogens is 180 g/mol. The lowest BCUT2D eigenvalue weighted by Gasteiger charge is -2.23. The summed E-state index contributed by atoms with van der Waals surface area (Å²) in [5.41, 5.74) is 0. The molecule has 2 nitrogen and oxygen atoms in total. The molecule has 0 aromatic heterocycles. The molecule has 1 N–H and O–H groups in total. The number of aliphatic imine (C=N–C) groups is 1. The molecule has 1 aliphatic heterocycles.